The normalized spacial score (nSPS) is 16.4. The minimum atomic E-state index is -4.26. The van der Waals surface area contributed by atoms with Gasteiger partial charge in [-0.1, -0.05) is 107 Å². The third-order valence-electron chi connectivity index (χ3n) is 15.6. The van der Waals surface area contributed by atoms with Gasteiger partial charge in [0.05, 0.1) is 30.7 Å². The van der Waals surface area contributed by atoms with E-state index in [4.69, 9.17) is 14.8 Å². The number of aliphatic hydroxyl groups excluding tert-OH is 4. The summed E-state index contributed by atoms with van der Waals surface area (Å²) in [5, 5.41) is 55.7. The molecule has 4 amide bonds. The van der Waals surface area contributed by atoms with Gasteiger partial charge in [0.15, 0.2) is 0 Å². The number of rotatable bonds is 38. The molecule has 1 aliphatic heterocycles. The monoisotopic (exact) mass is 1250 g/mol. The molecule has 5 rings (SSSR count). The van der Waals surface area contributed by atoms with Crippen LogP contribution in [0.25, 0.3) is 5.57 Å². The third-order valence-corrected chi connectivity index (χ3v) is 18.5. The van der Waals surface area contributed by atoms with E-state index in [9.17, 15) is 46.6 Å². The Morgan fingerprint density at radius 3 is 1.88 bits per heavy atom. The average Bonchev–Trinajstić information content (AvgIpc) is 1.45. The number of hydrogen-bond donors (Lipinski definition) is 10. The molecule has 0 fully saturated rings. The fourth-order valence-corrected chi connectivity index (χ4v) is 11.8. The van der Waals surface area contributed by atoms with E-state index in [1.807, 2.05) is 80.6 Å². The molecule has 0 bridgehead atoms. The molecule has 86 heavy (non-hydrogen) atoms. The molecule has 2 heterocycles. The summed E-state index contributed by atoms with van der Waals surface area (Å²) in [6.45, 7) is 11.3. The predicted octanol–water partition coefficient (Wildman–Crippen LogP) is 8.89. The van der Waals surface area contributed by atoms with Gasteiger partial charge in [0.25, 0.3) is 21.9 Å². The number of unbranched alkanes of at least 4 members (excludes halogenated alkanes) is 8. The van der Waals surface area contributed by atoms with Crippen molar-refractivity contribution in [1.29, 1.82) is 0 Å². The minimum Gasteiger partial charge on any atom is -0.394 e. The molecule has 2 unspecified atom stereocenters. The topological polar surface area (TPSA) is 318 Å². The number of carbonyl (C=O) groups excluding carboxylic acids is 4. The summed E-state index contributed by atoms with van der Waals surface area (Å²) < 4.78 is 53.9. The second-order valence-corrected chi connectivity index (χ2v) is 26.9. The molecule has 10 N–H and O–H groups in total. The molecule has 20 nitrogen and oxygen atoms in total. The molecule has 0 radical (unpaired) electrons. The fourth-order valence-electron chi connectivity index (χ4n) is 10.3. The summed E-state index contributed by atoms with van der Waals surface area (Å²) in [6.07, 6.45) is 23.3. The Labute approximate surface area is 513 Å². The van der Waals surface area contributed by atoms with Crippen molar-refractivity contribution in [3.05, 3.63) is 124 Å². The van der Waals surface area contributed by atoms with Gasteiger partial charge in [-0.05, 0) is 137 Å². The summed E-state index contributed by atoms with van der Waals surface area (Å²) in [7, 11) is -4.26. The van der Waals surface area contributed by atoms with Crippen LogP contribution in [0.4, 0.5) is 10.8 Å². The lowest BCUT2D eigenvalue weighted by molar-refractivity contribution is -0.121. The van der Waals surface area contributed by atoms with Crippen molar-refractivity contribution < 1.29 is 61.3 Å². The second kappa shape index (κ2) is 35.1. The van der Waals surface area contributed by atoms with Gasteiger partial charge in [0.2, 0.25) is 32.4 Å². The molecule has 2 aliphatic rings. The van der Waals surface area contributed by atoms with E-state index < -0.39 is 49.5 Å². The summed E-state index contributed by atoms with van der Waals surface area (Å²) in [5.41, 5.74) is 9.79. The lowest BCUT2D eigenvalue weighted by Gasteiger charge is -2.32. The number of benzene rings is 2. The molecule has 23 heteroatoms. The Hall–Kier alpha value is -5.98. The van der Waals surface area contributed by atoms with E-state index in [-0.39, 0.29) is 52.7 Å². The molecule has 2 aromatic carbocycles. The Bertz CT molecular complexity index is 3110. The zero-order valence-corrected chi connectivity index (χ0v) is 52.8. The first-order valence-electron chi connectivity index (χ1n) is 29.9. The van der Waals surface area contributed by atoms with Crippen LogP contribution in [0.2, 0.25) is 0 Å². The van der Waals surface area contributed by atoms with Crippen LogP contribution in [0.15, 0.2) is 100 Å². The number of hydrogen-bond acceptors (Lipinski definition) is 15. The van der Waals surface area contributed by atoms with Crippen LogP contribution < -0.4 is 26.2 Å². The van der Waals surface area contributed by atoms with Gasteiger partial charge >= 0.3 is 0 Å². The first-order chi connectivity index (χ1) is 41.0. The predicted molar refractivity (Wildman–Crippen MR) is 338 cm³/mol. The SMILES string of the molecule is CC(CCC1=C=C(/C=C/C=C/C=C/C=C2/N(CCCCCC(=O)NCCCCCCCC(=O)Nc3nnc(S(=O)O)s3)c3ccc(C(=O)NCCCC[C@H](O)CO)cc3C2(C)C)C(C)(C)c2cc(C(=O)NCCCC[C@H](O)CO)ccc21)S(=O)(=O)O. The number of carbonyl (C=O) groups is 4. The van der Waals surface area contributed by atoms with Gasteiger partial charge < -0.3 is 51.1 Å². The molecule has 0 spiro atoms. The minimum absolute atomic E-state index is 0.00746. The standard InChI is InChI=1S/C63H89N7O13S3/c1-44(86(81,82)83)29-30-45-39-48(62(2,3)52-40-46(31-33-51(45)52)58(77)65-36-20-17-24-49(73)42-71)23-13-8-6-9-14-26-55-63(4,5)53-41-47(59(78)66-37-21-18-25-50(74)43-72)32-34-54(53)70(55)38-22-12-16-27-56(75)64-35-19-11-7-10-15-28-57(76)67-60-68-69-61(84-60)85(79)80/h6,8-9,13-14,23,26,31-34,40-41,44,49-50,71-74H,7,10-12,15-22,24-25,27-30,35-38,42-43H2,1-5H3,(H,64,75)(H,65,77)(H,66,78)(H,79,80)(H,67,68,76)(H,81,82,83)/b8-6+,14-9+,23-13+,55-26+/t44?,49-,50-/m0/s1. The number of aromatic nitrogens is 2. The number of allylic oxidation sites excluding steroid dienone is 9. The third kappa shape index (κ3) is 22.0. The molecule has 3 aromatic rings. The van der Waals surface area contributed by atoms with Crippen molar-refractivity contribution in [3.8, 4) is 0 Å². The van der Waals surface area contributed by atoms with Crippen LogP contribution in [-0.2, 0) is 41.6 Å². The van der Waals surface area contributed by atoms with E-state index in [0.29, 0.717) is 108 Å². The second-order valence-electron chi connectivity index (χ2n) is 23.0. The highest BCUT2D eigenvalue weighted by atomic mass is 32.2. The van der Waals surface area contributed by atoms with Gasteiger partial charge in [-0.2, -0.15) is 8.42 Å². The smallest absolute Gasteiger partial charge is 0.267 e. The Kier molecular flexibility index (Phi) is 28.9. The maximum Gasteiger partial charge on any atom is 0.267 e. The Balaban J connectivity index is 1.22. The van der Waals surface area contributed by atoms with E-state index in [1.54, 1.807) is 6.07 Å². The van der Waals surface area contributed by atoms with Crippen LogP contribution in [0.5, 0.6) is 0 Å². The molecular formula is C63H89N7O13S3. The lowest BCUT2D eigenvalue weighted by atomic mass is 9.70. The molecule has 0 saturated carbocycles. The van der Waals surface area contributed by atoms with Crippen molar-refractivity contribution in [2.75, 3.05) is 49.6 Å². The molecule has 1 aromatic heterocycles. The summed E-state index contributed by atoms with van der Waals surface area (Å²) in [6, 6.07) is 11.3. The lowest BCUT2D eigenvalue weighted by Crippen LogP contribution is -2.27. The first kappa shape index (κ1) is 70.8. The summed E-state index contributed by atoms with van der Waals surface area (Å²) in [4.78, 5) is 54.1. The van der Waals surface area contributed by atoms with Gasteiger partial charge in [-0.25, -0.2) is 4.21 Å². The van der Waals surface area contributed by atoms with E-state index in [1.165, 1.54) is 6.92 Å². The fraction of sp³-hybridized carbons (Fsp3) is 0.540. The number of amides is 4. The quantitative estimate of drug-likeness (QED) is 0.00639. The Morgan fingerprint density at radius 2 is 1.26 bits per heavy atom. The van der Waals surface area contributed by atoms with Crippen LogP contribution in [0.3, 0.4) is 0 Å². The molecule has 1 aliphatic carbocycles. The first-order valence-corrected chi connectivity index (χ1v) is 33.3. The van der Waals surface area contributed by atoms with E-state index in [2.05, 4.69) is 62.0 Å². The number of nitrogens with one attached hydrogen (secondary N) is 4. The zero-order valence-electron chi connectivity index (χ0n) is 50.3. The summed E-state index contributed by atoms with van der Waals surface area (Å²) >= 11 is -1.39. The largest absolute Gasteiger partial charge is 0.394 e. The maximum atomic E-state index is 13.4. The molecular weight excluding hydrogens is 1160 g/mol. The highest BCUT2D eigenvalue weighted by Crippen LogP contribution is 2.48. The van der Waals surface area contributed by atoms with Crippen LogP contribution in [0, 0.1) is 0 Å². The van der Waals surface area contributed by atoms with E-state index >= 15 is 0 Å². The average molecular weight is 1250 g/mol. The van der Waals surface area contributed by atoms with Crippen LogP contribution >= 0.6 is 11.3 Å². The number of fused-ring (bicyclic) bond motifs is 2. The highest BCUT2D eigenvalue weighted by Gasteiger charge is 2.40. The van der Waals surface area contributed by atoms with Crippen LogP contribution in [-0.4, -0.2) is 133 Å². The van der Waals surface area contributed by atoms with Crippen molar-refractivity contribution in [2.24, 2.45) is 0 Å². The van der Waals surface area contributed by atoms with Crippen molar-refractivity contribution in [1.82, 2.24) is 26.1 Å². The van der Waals surface area contributed by atoms with E-state index in [0.717, 1.165) is 89.1 Å². The van der Waals surface area contributed by atoms with Crippen molar-refractivity contribution >= 4 is 72.6 Å². The van der Waals surface area contributed by atoms with Gasteiger partial charge in [0, 0.05) is 83.5 Å². The van der Waals surface area contributed by atoms with Crippen molar-refractivity contribution in [2.45, 2.75) is 183 Å². The maximum absolute atomic E-state index is 13.4. The van der Waals surface area contributed by atoms with Gasteiger partial charge in [0.1, 0.15) is 0 Å². The number of aliphatic hydroxyl groups is 4. The molecule has 4 atom stereocenters. The molecule has 472 valence electrons. The number of nitrogens with zero attached hydrogens (tertiary/aromatic N) is 3. The zero-order chi connectivity index (χ0) is 62.9. The van der Waals surface area contributed by atoms with Gasteiger partial charge in [-0.3, -0.25) is 23.7 Å². The Morgan fingerprint density at radius 1 is 0.698 bits per heavy atom. The number of anilines is 2. The van der Waals surface area contributed by atoms with Gasteiger partial charge in [-0.15, -0.1) is 15.9 Å². The highest BCUT2D eigenvalue weighted by molar-refractivity contribution is 7.86. The molecule has 0 saturated heterocycles. The van der Waals surface area contributed by atoms with Crippen molar-refractivity contribution in [3.63, 3.8) is 0 Å². The summed E-state index contributed by atoms with van der Waals surface area (Å²) in [5.74, 6) is -0.667. The van der Waals surface area contributed by atoms with Crippen LogP contribution in [0.1, 0.15) is 188 Å².